The van der Waals surface area contributed by atoms with Crippen LogP contribution in [0.4, 0.5) is 0 Å². The Labute approximate surface area is 102 Å². The van der Waals surface area contributed by atoms with Crippen molar-refractivity contribution >= 4 is 11.9 Å². The molecule has 5 heteroatoms. The summed E-state index contributed by atoms with van der Waals surface area (Å²) in [6.07, 6.45) is 3.51. The van der Waals surface area contributed by atoms with E-state index in [0.717, 1.165) is 25.7 Å². The summed E-state index contributed by atoms with van der Waals surface area (Å²) < 4.78 is 0. The number of nitrogens with one attached hydrogen (secondary N) is 1. The van der Waals surface area contributed by atoms with Crippen LogP contribution in [0.2, 0.25) is 0 Å². The van der Waals surface area contributed by atoms with Gasteiger partial charge in [0.15, 0.2) is 0 Å². The monoisotopic (exact) mass is 243 g/mol. The third-order valence-corrected chi connectivity index (χ3v) is 2.59. The summed E-state index contributed by atoms with van der Waals surface area (Å²) in [5.41, 5.74) is 0.315. The van der Waals surface area contributed by atoms with Gasteiger partial charge in [-0.2, -0.15) is 0 Å². The number of carbonyl (C=O) groups is 2. The van der Waals surface area contributed by atoms with Crippen molar-refractivity contribution in [1.82, 2.24) is 5.32 Å². The Morgan fingerprint density at radius 2 is 1.59 bits per heavy atom. The molecule has 5 nitrogen and oxygen atoms in total. The van der Waals surface area contributed by atoms with Gasteiger partial charge in [0, 0.05) is 24.3 Å². The van der Waals surface area contributed by atoms with Crippen LogP contribution in [0.5, 0.6) is 0 Å². The van der Waals surface area contributed by atoms with Crippen LogP contribution in [0.15, 0.2) is 11.1 Å². The molecular weight excluding hydrogens is 222 g/mol. The standard InChI is InChI=1S/C12H21NO4/c1-9(10(2)12(16)17)11(15)13-7-5-3-4-6-8-14/h14H,3-8H2,1-2H3,(H,13,15)(H,16,17). The Hall–Kier alpha value is -1.36. The Morgan fingerprint density at radius 3 is 2.12 bits per heavy atom. The molecule has 0 aliphatic rings. The molecule has 1 amide bonds. The first-order valence-corrected chi connectivity index (χ1v) is 5.80. The number of amides is 1. The lowest BCUT2D eigenvalue weighted by Gasteiger charge is -2.06. The fourth-order valence-electron chi connectivity index (χ4n) is 1.26. The topological polar surface area (TPSA) is 86.6 Å². The van der Waals surface area contributed by atoms with Crippen LogP contribution in [0.1, 0.15) is 39.5 Å². The lowest BCUT2D eigenvalue weighted by atomic mass is 10.1. The Morgan fingerprint density at radius 1 is 1.00 bits per heavy atom. The first kappa shape index (κ1) is 15.6. The molecule has 0 rings (SSSR count). The SMILES string of the molecule is CC(C(=O)O)=C(C)C(=O)NCCCCCCO. The summed E-state index contributed by atoms with van der Waals surface area (Å²) >= 11 is 0. The van der Waals surface area contributed by atoms with Gasteiger partial charge in [-0.05, 0) is 26.7 Å². The molecule has 0 saturated carbocycles. The summed E-state index contributed by atoms with van der Waals surface area (Å²) in [5, 5.41) is 19.9. The van der Waals surface area contributed by atoms with Gasteiger partial charge in [0.05, 0.1) is 0 Å². The number of hydrogen-bond acceptors (Lipinski definition) is 3. The number of carboxylic acids is 1. The van der Waals surface area contributed by atoms with Gasteiger partial charge < -0.3 is 15.5 Å². The van der Waals surface area contributed by atoms with E-state index < -0.39 is 5.97 Å². The van der Waals surface area contributed by atoms with Crippen LogP contribution in [0, 0.1) is 0 Å². The molecule has 0 aliphatic heterocycles. The fraction of sp³-hybridized carbons (Fsp3) is 0.667. The van der Waals surface area contributed by atoms with E-state index >= 15 is 0 Å². The molecule has 0 radical (unpaired) electrons. The molecule has 0 saturated heterocycles. The van der Waals surface area contributed by atoms with Crippen LogP contribution in [0.25, 0.3) is 0 Å². The van der Waals surface area contributed by atoms with E-state index in [4.69, 9.17) is 10.2 Å². The van der Waals surface area contributed by atoms with Crippen LogP contribution in [-0.4, -0.2) is 35.2 Å². The number of aliphatic hydroxyl groups excluding tert-OH is 1. The van der Waals surface area contributed by atoms with E-state index in [9.17, 15) is 9.59 Å². The second-order valence-electron chi connectivity index (χ2n) is 3.95. The van der Waals surface area contributed by atoms with Crippen molar-refractivity contribution in [2.24, 2.45) is 0 Å². The lowest BCUT2D eigenvalue weighted by molar-refractivity contribution is -0.133. The molecule has 17 heavy (non-hydrogen) atoms. The van der Waals surface area contributed by atoms with Gasteiger partial charge in [-0.1, -0.05) is 12.8 Å². The van der Waals surface area contributed by atoms with Crippen LogP contribution >= 0.6 is 0 Å². The van der Waals surface area contributed by atoms with E-state index in [0.29, 0.717) is 6.54 Å². The minimum Gasteiger partial charge on any atom is -0.478 e. The Bertz CT molecular complexity index is 297. The number of aliphatic hydroxyl groups is 1. The zero-order valence-corrected chi connectivity index (χ0v) is 10.5. The van der Waals surface area contributed by atoms with E-state index in [2.05, 4.69) is 5.32 Å². The zero-order chi connectivity index (χ0) is 13.3. The van der Waals surface area contributed by atoms with Gasteiger partial charge in [0.1, 0.15) is 0 Å². The highest BCUT2D eigenvalue weighted by Gasteiger charge is 2.11. The Kier molecular flexibility index (Phi) is 8.05. The fourth-order valence-corrected chi connectivity index (χ4v) is 1.26. The van der Waals surface area contributed by atoms with Crippen LogP contribution in [-0.2, 0) is 9.59 Å². The third kappa shape index (κ3) is 6.73. The number of rotatable bonds is 8. The number of unbranched alkanes of at least 4 members (excludes halogenated alkanes) is 3. The van der Waals surface area contributed by atoms with Crippen molar-refractivity contribution in [3.8, 4) is 0 Å². The smallest absolute Gasteiger partial charge is 0.331 e. The van der Waals surface area contributed by atoms with Crippen molar-refractivity contribution in [3.63, 3.8) is 0 Å². The number of hydrogen-bond donors (Lipinski definition) is 3. The second kappa shape index (κ2) is 8.75. The van der Waals surface area contributed by atoms with Gasteiger partial charge in [-0.25, -0.2) is 4.79 Å². The van der Waals surface area contributed by atoms with Gasteiger partial charge >= 0.3 is 5.97 Å². The van der Waals surface area contributed by atoms with Crippen molar-refractivity contribution in [1.29, 1.82) is 0 Å². The number of carbonyl (C=O) groups excluding carboxylic acids is 1. The predicted octanol–water partition coefficient (Wildman–Crippen LogP) is 1.08. The van der Waals surface area contributed by atoms with Gasteiger partial charge in [0.25, 0.3) is 0 Å². The molecule has 0 fully saturated rings. The highest BCUT2D eigenvalue weighted by atomic mass is 16.4. The minimum atomic E-state index is -1.07. The van der Waals surface area contributed by atoms with Crippen LogP contribution < -0.4 is 5.32 Å². The molecule has 0 atom stereocenters. The summed E-state index contributed by atoms with van der Waals surface area (Å²) in [6.45, 7) is 3.66. The Balaban J connectivity index is 3.87. The van der Waals surface area contributed by atoms with E-state index in [1.165, 1.54) is 13.8 Å². The maximum Gasteiger partial charge on any atom is 0.331 e. The van der Waals surface area contributed by atoms with Crippen molar-refractivity contribution in [2.45, 2.75) is 39.5 Å². The molecular formula is C12H21NO4. The molecule has 0 unspecified atom stereocenters. The van der Waals surface area contributed by atoms with Gasteiger partial charge in [-0.3, -0.25) is 4.79 Å². The van der Waals surface area contributed by atoms with Crippen LogP contribution in [0.3, 0.4) is 0 Å². The molecule has 0 bridgehead atoms. The highest BCUT2D eigenvalue weighted by molar-refractivity contribution is 6.01. The van der Waals surface area contributed by atoms with Crippen molar-refractivity contribution in [2.75, 3.05) is 13.2 Å². The molecule has 0 aromatic carbocycles. The maximum absolute atomic E-state index is 11.5. The number of carboxylic acid groups (broad SMARTS) is 1. The molecule has 0 heterocycles. The van der Waals surface area contributed by atoms with E-state index in [-0.39, 0.29) is 23.7 Å². The summed E-state index contributed by atoms with van der Waals surface area (Å²) in [5.74, 6) is -1.40. The summed E-state index contributed by atoms with van der Waals surface area (Å²) in [7, 11) is 0. The number of aliphatic carboxylic acids is 1. The summed E-state index contributed by atoms with van der Waals surface area (Å²) in [4.78, 5) is 22.1. The molecule has 98 valence electrons. The first-order chi connectivity index (χ1) is 8.00. The first-order valence-electron chi connectivity index (χ1n) is 5.80. The third-order valence-electron chi connectivity index (χ3n) is 2.59. The molecule has 0 aromatic heterocycles. The normalized spacial score (nSPS) is 11.9. The quantitative estimate of drug-likeness (QED) is 0.440. The molecule has 0 spiro atoms. The average molecular weight is 243 g/mol. The van der Waals surface area contributed by atoms with E-state index in [1.54, 1.807) is 0 Å². The molecule has 0 aliphatic carbocycles. The zero-order valence-electron chi connectivity index (χ0n) is 10.5. The highest BCUT2D eigenvalue weighted by Crippen LogP contribution is 2.04. The van der Waals surface area contributed by atoms with Gasteiger partial charge in [-0.15, -0.1) is 0 Å². The minimum absolute atomic E-state index is 0.0720. The lowest BCUT2D eigenvalue weighted by Crippen LogP contribution is -2.26. The second-order valence-corrected chi connectivity index (χ2v) is 3.95. The van der Waals surface area contributed by atoms with Crippen molar-refractivity contribution < 1.29 is 19.8 Å². The molecule has 3 N–H and O–H groups in total. The van der Waals surface area contributed by atoms with Gasteiger partial charge in [0.2, 0.25) is 5.91 Å². The maximum atomic E-state index is 11.5. The van der Waals surface area contributed by atoms with E-state index in [1.807, 2.05) is 0 Å². The average Bonchev–Trinajstić information content (AvgIpc) is 2.31. The molecule has 0 aromatic rings. The largest absolute Gasteiger partial charge is 0.478 e. The van der Waals surface area contributed by atoms with Crippen molar-refractivity contribution in [3.05, 3.63) is 11.1 Å². The summed E-state index contributed by atoms with van der Waals surface area (Å²) in [6, 6.07) is 0. The predicted molar refractivity (Wildman–Crippen MR) is 64.6 cm³/mol.